The van der Waals surface area contributed by atoms with Crippen molar-refractivity contribution >= 4 is 17.8 Å². The third-order valence-electron chi connectivity index (χ3n) is 3.17. The second-order valence-electron chi connectivity index (χ2n) is 4.90. The number of benzene rings is 2. The van der Waals surface area contributed by atoms with Crippen LogP contribution in [0.1, 0.15) is 27.9 Å². The number of hydrogen-bond donors (Lipinski definition) is 1. The minimum atomic E-state index is -0.456. The van der Waals surface area contributed by atoms with Crippen molar-refractivity contribution in [3.05, 3.63) is 77.4 Å². The maximum Gasteiger partial charge on any atom is 0.330 e. The number of hydrogen-bond acceptors (Lipinski definition) is 4. The van der Waals surface area contributed by atoms with E-state index in [9.17, 15) is 9.59 Å². The molecule has 0 bridgehead atoms. The third-order valence-corrected chi connectivity index (χ3v) is 3.17. The Kier molecular flexibility index (Phi) is 6.27. The van der Waals surface area contributed by atoms with Crippen LogP contribution in [0.2, 0.25) is 0 Å². The summed E-state index contributed by atoms with van der Waals surface area (Å²) < 4.78 is 4.88. The van der Waals surface area contributed by atoms with Crippen LogP contribution in [0.4, 0.5) is 0 Å². The van der Waals surface area contributed by atoms with Crippen molar-refractivity contribution in [1.29, 1.82) is 0 Å². The van der Waals surface area contributed by atoms with E-state index in [1.807, 2.05) is 18.2 Å². The van der Waals surface area contributed by atoms with Crippen LogP contribution in [0.25, 0.3) is 6.08 Å². The van der Waals surface area contributed by atoms with E-state index in [0.717, 1.165) is 5.56 Å². The Labute approximate surface area is 135 Å². The van der Waals surface area contributed by atoms with Crippen LogP contribution in [0.15, 0.2) is 60.7 Å². The van der Waals surface area contributed by atoms with Crippen molar-refractivity contribution in [2.45, 2.75) is 6.42 Å². The minimum Gasteiger partial charge on any atom is -0.462 e. The van der Waals surface area contributed by atoms with Gasteiger partial charge in [0, 0.05) is 30.2 Å². The van der Waals surface area contributed by atoms with E-state index in [2.05, 4.69) is 0 Å². The predicted molar refractivity (Wildman–Crippen MR) is 88.0 cm³/mol. The van der Waals surface area contributed by atoms with Gasteiger partial charge >= 0.3 is 5.97 Å². The van der Waals surface area contributed by atoms with Crippen molar-refractivity contribution in [1.82, 2.24) is 0 Å². The van der Waals surface area contributed by atoms with Crippen molar-refractivity contribution in [3.8, 4) is 0 Å². The fraction of sp³-hybridized carbons (Fsp3) is 0.158. The van der Waals surface area contributed by atoms with Gasteiger partial charge in [-0.1, -0.05) is 54.6 Å². The molecule has 0 aliphatic carbocycles. The SMILES string of the molecule is O=C(/C=C/c1ccc(C(=O)c2ccccc2)cc1)OCCCO. The molecule has 23 heavy (non-hydrogen) atoms. The second-order valence-corrected chi connectivity index (χ2v) is 4.90. The summed E-state index contributed by atoms with van der Waals surface area (Å²) in [7, 11) is 0. The van der Waals surface area contributed by atoms with Gasteiger partial charge in [0.05, 0.1) is 6.61 Å². The molecular formula is C19H18O4. The predicted octanol–water partition coefficient (Wildman–Crippen LogP) is 2.86. The molecule has 118 valence electrons. The van der Waals surface area contributed by atoms with E-state index in [0.29, 0.717) is 17.5 Å². The van der Waals surface area contributed by atoms with Crippen molar-refractivity contribution in [2.24, 2.45) is 0 Å². The number of carbonyl (C=O) groups is 2. The molecule has 1 N–H and O–H groups in total. The van der Waals surface area contributed by atoms with Gasteiger partial charge < -0.3 is 9.84 Å². The highest BCUT2D eigenvalue weighted by molar-refractivity contribution is 6.09. The first-order valence-electron chi connectivity index (χ1n) is 7.36. The Hall–Kier alpha value is -2.72. The van der Waals surface area contributed by atoms with Gasteiger partial charge in [0.25, 0.3) is 0 Å². The van der Waals surface area contributed by atoms with E-state index < -0.39 is 5.97 Å². The number of rotatable bonds is 7. The summed E-state index contributed by atoms with van der Waals surface area (Å²) in [6.45, 7) is 0.193. The van der Waals surface area contributed by atoms with Crippen LogP contribution >= 0.6 is 0 Å². The van der Waals surface area contributed by atoms with E-state index >= 15 is 0 Å². The Morgan fingerprint density at radius 2 is 1.61 bits per heavy atom. The fourth-order valence-electron chi connectivity index (χ4n) is 1.95. The molecule has 0 aliphatic rings. The molecule has 0 aliphatic heterocycles. The van der Waals surface area contributed by atoms with E-state index in [4.69, 9.17) is 9.84 Å². The van der Waals surface area contributed by atoms with Crippen LogP contribution in [0.3, 0.4) is 0 Å². The van der Waals surface area contributed by atoms with Gasteiger partial charge in [-0.2, -0.15) is 0 Å². The lowest BCUT2D eigenvalue weighted by Gasteiger charge is -2.02. The molecule has 0 amide bonds. The summed E-state index contributed by atoms with van der Waals surface area (Å²) in [6.07, 6.45) is 3.37. The normalized spacial score (nSPS) is 10.7. The number of esters is 1. The number of ether oxygens (including phenoxy) is 1. The standard InChI is InChI=1S/C19H18O4/c20-13-4-14-23-18(21)12-9-15-7-10-17(11-8-15)19(22)16-5-2-1-3-6-16/h1-3,5-12,20H,4,13-14H2/b12-9+. The molecule has 0 saturated heterocycles. The van der Waals surface area contributed by atoms with Gasteiger partial charge in [0.2, 0.25) is 0 Å². The zero-order chi connectivity index (χ0) is 16.5. The van der Waals surface area contributed by atoms with Crippen LogP contribution < -0.4 is 0 Å². The molecule has 0 aromatic heterocycles. The highest BCUT2D eigenvalue weighted by Crippen LogP contribution is 2.12. The molecule has 2 aromatic rings. The second kappa shape index (κ2) is 8.66. The van der Waals surface area contributed by atoms with Crippen LogP contribution in [0, 0.1) is 0 Å². The molecule has 0 radical (unpaired) electrons. The molecule has 2 rings (SSSR count). The lowest BCUT2D eigenvalue weighted by Crippen LogP contribution is -2.03. The van der Waals surface area contributed by atoms with Crippen molar-refractivity contribution in [2.75, 3.05) is 13.2 Å². The first kappa shape index (κ1) is 16.6. The molecule has 4 nitrogen and oxygen atoms in total. The fourth-order valence-corrected chi connectivity index (χ4v) is 1.95. The summed E-state index contributed by atoms with van der Waals surface area (Å²) in [5.74, 6) is -0.493. The molecule has 0 fully saturated rings. The molecule has 0 heterocycles. The summed E-state index contributed by atoms with van der Waals surface area (Å²) in [5.41, 5.74) is 2.04. The van der Waals surface area contributed by atoms with E-state index in [1.54, 1.807) is 42.5 Å². The summed E-state index contributed by atoms with van der Waals surface area (Å²) in [6, 6.07) is 16.1. The van der Waals surface area contributed by atoms with Gasteiger partial charge in [-0.15, -0.1) is 0 Å². The highest BCUT2D eigenvalue weighted by Gasteiger charge is 2.07. The lowest BCUT2D eigenvalue weighted by molar-refractivity contribution is -0.137. The van der Waals surface area contributed by atoms with Crippen molar-refractivity contribution in [3.63, 3.8) is 0 Å². The van der Waals surface area contributed by atoms with Crippen LogP contribution in [-0.2, 0) is 9.53 Å². The van der Waals surface area contributed by atoms with Crippen molar-refractivity contribution < 1.29 is 19.4 Å². The quantitative estimate of drug-likeness (QED) is 0.370. The van der Waals surface area contributed by atoms with E-state index in [1.165, 1.54) is 6.08 Å². The molecule has 0 spiro atoms. The summed E-state index contributed by atoms with van der Waals surface area (Å²) in [4.78, 5) is 23.7. The maximum absolute atomic E-state index is 12.3. The molecule has 2 aromatic carbocycles. The van der Waals surface area contributed by atoms with Gasteiger partial charge in [-0.3, -0.25) is 4.79 Å². The Morgan fingerprint density at radius 1 is 0.957 bits per heavy atom. The summed E-state index contributed by atoms with van der Waals surface area (Å²) >= 11 is 0. The maximum atomic E-state index is 12.3. The lowest BCUT2D eigenvalue weighted by atomic mass is 10.0. The number of aliphatic hydroxyl groups is 1. The van der Waals surface area contributed by atoms with Gasteiger partial charge in [-0.05, 0) is 11.6 Å². The largest absolute Gasteiger partial charge is 0.462 e. The Morgan fingerprint density at radius 3 is 2.26 bits per heavy atom. The molecule has 0 atom stereocenters. The zero-order valence-electron chi connectivity index (χ0n) is 12.6. The average molecular weight is 310 g/mol. The van der Waals surface area contributed by atoms with Crippen LogP contribution in [0.5, 0.6) is 0 Å². The molecule has 0 unspecified atom stereocenters. The Balaban J connectivity index is 1.97. The smallest absolute Gasteiger partial charge is 0.330 e. The first-order valence-corrected chi connectivity index (χ1v) is 7.36. The van der Waals surface area contributed by atoms with Gasteiger partial charge in [-0.25, -0.2) is 4.79 Å². The summed E-state index contributed by atoms with van der Waals surface area (Å²) in [5, 5.41) is 8.60. The molecule has 4 heteroatoms. The Bertz CT molecular complexity index is 672. The number of aliphatic hydroxyl groups excluding tert-OH is 1. The number of carbonyl (C=O) groups excluding carboxylic acids is 2. The first-order chi connectivity index (χ1) is 11.2. The van der Waals surface area contributed by atoms with Crippen LogP contribution in [-0.4, -0.2) is 30.1 Å². The van der Waals surface area contributed by atoms with Gasteiger partial charge in [0.1, 0.15) is 0 Å². The number of ketones is 1. The van der Waals surface area contributed by atoms with Gasteiger partial charge in [0.15, 0.2) is 5.78 Å². The molecule has 0 saturated carbocycles. The average Bonchev–Trinajstić information content (AvgIpc) is 2.61. The third kappa shape index (κ3) is 5.20. The molecular weight excluding hydrogens is 292 g/mol. The zero-order valence-corrected chi connectivity index (χ0v) is 12.6. The topological polar surface area (TPSA) is 63.6 Å². The highest BCUT2D eigenvalue weighted by atomic mass is 16.5. The minimum absolute atomic E-state index is 0.00605. The van der Waals surface area contributed by atoms with E-state index in [-0.39, 0.29) is 19.0 Å². The monoisotopic (exact) mass is 310 g/mol.